The van der Waals surface area contributed by atoms with E-state index < -0.39 is 0 Å². The van der Waals surface area contributed by atoms with Crippen LogP contribution < -0.4 is 5.32 Å². The fraction of sp³-hybridized carbons (Fsp3) is 1.00. The predicted molar refractivity (Wildman–Crippen MR) is 62.6 cm³/mol. The molecule has 1 rings (SSSR count). The lowest BCUT2D eigenvalue weighted by Gasteiger charge is -2.20. The normalized spacial score (nSPS) is 25.3. The number of nitrogens with one attached hydrogen (secondary N) is 1. The fourth-order valence-corrected chi connectivity index (χ4v) is 1.99. The first-order valence-electron chi connectivity index (χ1n) is 6.18. The van der Waals surface area contributed by atoms with Crippen molar-refractivity contribution in [3.63, 3.8) is 0 Å². The van der Waals surface area contributed by atoms with Crippen LogP contribution >= 0.6 is 0 Å². The smallest absolute Gasteiger partial charge is 0.0107 e. The van der Waals surface area contributed by atoms with Crippen molar-refractivity contribution in [3.8, 4) is 0 Å². The average molecular weight is 198 g/mol. The number of nitrogens with zero attached hydrogens (tertiary/aromatic N) is 1. The molecule has 1 unspecified atom stereocenters. The monoisotopic (exact) mass is 198 g/mol. The minimum Gasteiger partial charge on any atom is -0.313 e. The predicted octanol–water partition coefficient (Wildman–Crippen LogP) is 2.11. The standard InChI is InChI=1S/C12H26N2/c1-4-12-6-9-14(10-7-13-12)8-5-11(2)3/h11-13H,4-10H2,1-3H3. The van der Waals surface area contributed by atoms with Crippen LogP contribution in [0.5, 0.6) is 0 Å². The maximum atomic E-state index is 3.61. The summed E-state index contributed by atoms with van der Waals surface area (Å²) in [4.78, 5) is 2.61. The van der Waals surface area contributed by atoms with Crippen LogP contribution in [0.15, 0.2) is 0 Å². The highest BCUT2D eigenvalue weighted by atomic mass is 15.2. The Morgan fingerprint density at radius 1 is 1.36 bits per heavy atom. The van der Waals surface area contributed by atoms with Gasteiger partial charge in [-0.3, -0.25) is 0 Å². The largest absolute Gasteiger partial charge is 0.313 e. The Kier molecular flexibility index (Phi) is 5.49. The maximum Gasteiger partial charge on any atom is 0.0107 e. The molecule has 0 aromatic rings. The van der Waals surface area contributed by atoms with Gasteiger partial charge in [-0.05, 0) is 38.3 Å². The minimum absolute atomic E-state index is 0.763. The molecule has 84 valence electrons. The topological polar surface area (TPSA) is 15.3 Å². The van der Waals surface area contributed by atoms with Crippen molar-refractivity contribution in [1.82, 2.24) is 10.2 Å². The fourth-order valence-electron chi connectivity index (χ4n) is 1.99. The summed E-state index contributed by atoms with van der Waals surface area (Å²) in [5.41, 5.74) is 0. The molecule has 1 heterocycles. The van der Waals surface area contributed by atoms with Crippen molar-refractivity contribution >= 4 is 0 Å². The zero-order chi connectivity index (χ0) is 10.4. The second-order valence-corrected chi connectivity index (χ2v) is 4.87. The van der Waals surface area contributed by atoms with Gasteiger partial charge in [-0.1, -0.05) is 20.8 Å². The van der Waals surface area contributed by atoms with Gasteiger partial charge in [0.1, 0.15) is 0 Å². The molecule has 2 heteroatoms. The van der Waals surface area contributed by atoms with Crippen LogP contribution in [-0.4, -0.2) is 37.1 Å². The van der Waals surface area contributed by atoms with Crippen LogP contribution in [-0.2, 0) is 0 Å². The Bertz CT molecular complexity index is 145. The zero-order valence-corrected chi connectivity index (χ0v) is 10.1. The van der Waals surface area contributed by atoms with E-state index in [0.29, 0.717) is 0 Å². The molecule has 0 spiro atoms. The third-order valence-electron chi connectivity index (χ3n) is 3.17. The third-order valence-corrected chi connectivity index (χ3v) is 3.17. The molecule has 1 N–H and O–H groups in total. The summed E-state index contributed by atoms with van der Waals surface area (Å²) in [5, 5.41) is 3.61. The third kappa shape index (κ3) is 4.43. The van der Waals surface area contributed by atoms with Crippen molar-refractivity contribution in [2.24, 2.45) is 5.92 Å². The van der Waals surface area contributed by atoms with Gasteiger partial charge in [0.25, 0.3) is 0 Å². The van der Waals surface area contributed by atoms with E-state index in [2.05, 4.69) is 31.0 Å². The summed E-state index contributed by atoms with van der Waals surface area (Å²) in [5.74, 6) is 0.841. The average Bonchev–Trinajstić information content (AvgIpc) is 2.39. The van der Waals surface area contributed by atoms with Gasteiger partial charge in [-0.25, -0.2) is 0 Å². The highest BCUT2D eigenvalue weighted by Gasteiger charge is 2.14. The summed E-state index contributed by atoms with van der Waals surface area (Å²) >= 11 is 0. The SMILES string of the molecule is CCC1CCN(CCC(C)C)CCN1. The molecule has 0 radical (unpaired) electrons. The Morgan fingerprint density at radius 2 is 2.14 bits per heavy atom. The molecule has 2 nitrogen and oxygen atoms in total. The van der Waals surface area contributed by atoms with E-state index in [9.17, 15) is 0 Å². The Hall–Kier alpha value is -0.0800. The first-order valence-corrected chi connectivity index (χ1v) is 6.18. The Morgan fingerprint density at radius 3 is 2.79 bits per heavy atom. The highest BCUT2D eigenvalue weighted by Crippen LogP contribution is 2.07. The number of hydrogen-bond acceptors (Lipinski definition) is 2. The van der Waals surface area contributed by atoms with Crippen molar-refractivity contribution in [2.45, 2.75) is 46.1 Å². The molecule has 0 bridgehead atoms. The van der Waals surface area contributed by atoms with Crippen LogP contribution in [0.3, 0.4) is 0 Å². The van der Waals surface area contributed by atoms with E-state index in [1.807, 2.05) is 0 Å². The molecule has 1 aliphatic heterocycles. The van der Waals surface area contributed by atoms with Crippen LogP contribution in [0.2, 0.25) is 0 Å². The zero-order valence-electron chi connectivity index (χ0n) is 10.1. The van der Waals surface area contributed by atoms with E-state index in [4.69, 9.17) is 0 Å². The van der Waals surface area contributed by atoms with Crippen molar-refractivity contribution < 1.29 is 0 Å². The molecule has 0 saturated carbocycles. The Balaban J connectivity index is 2.20. The molecule has 0 aromatic carbocycles. The molecule has 1 atom stereocenters. The van der Waals surface area contributed by atoms with E-state index in [-0.39, 0.29) is 0 Å². The molecular weight excluding hydrogens is 172 g/mol. The number of rotatable bonds is 4. The van der Waals surface area contributed by atoms with E-state index in [1.165, 1.54) is 45.4 Å². The molecule has 0 aliphatic carbocycles. The summed E-state index contributed by atoms with van der Waals surface area (Å²) < 4.78 is 0. The van der Waals surface area contributed by atoms with Gasteiger partial charge in [-0.15, -0.1) is 0 Å². The molecular formula is C12H26N2. The van der Waals surface area contributed by atoms with Gasteiger partial charge < -0.3 is 10.2 Å². The maximum absolute atomic E-state index is 3.61. The first-order chi connectivity index (χ1) is 6.72. The van der Waals surface area contributed by atoms with Crippen molar-refractivity contribution in [2.75, 3.05) is 26.2 Å². The summed E-state index contributed by atoms with van der Waals surface area (Å²) in [6, 6.07) is 0.763. The lowest BCUT2D eigenvalue weighted by Crippen LogP contribution is -2.30. The summed E-state index contributed by atoms with van der Waals surface area (Å²) in [6.45, 7) is 11.9. The van der Waals surface area contributed by atoms with Crippen molar-refractivity contribution in [3.05, 3.63) is 0 Å². The second-order valence-electron chi connectivity index (χ2n) is 4.87. The lowest BCUT2D eigenvalue weighted by molar-refractivity contribution is 0.272. The molecule has 1 saturated heterocycles. The molecule has 14 heavy (non-hydrogen) atoms. The summed E-state index contributed by atoms with van der Waals surface area (Å²) in [6.07, 6.45) is 3.95. The van der Waals surface area contributed by atoms with Gasteiger partial charge >= 0.3 is 0 Å². The molecule has 1 fully saturated rings. The quantitative estimate of drug-likeness (QED) is 0.744. The van der Waals surface area contributed by atoms with Gasteiger partial charge in [0.15, 0.2) is 0 Å². The summed E-state index contributed by atoms with van der Waals surface area (Å²) in [7, 11) is 0. The van der Waals surface area contributed by atoms with Crippen LogP contribution in [0.1, 0.15) is 40.0 Å². The van der Waals surface area contributed by atoms with E-state index >= 15 is 0 Å². The van der Waals surface area contributed by atoms with E-state index in [1.54, 1.807) is 0 Å². The minimum atomic E-state index is 0.763. The van der Waals surface area contributed by atoms with Gasteiger partial charge in [0.2, 0.25) is 0 Å². The molecule has 0 amide bonds. The van der Waals surface area contributed by atoms with Crippen molar-refractivity contribution in [1.29, 1.82) is 0 Å². The Labute approximate surface area is 89.1 Å². The van der Waals surface area contributed by atoms with Gasteiger partial charge in [-0.2, -0.15) is 0 Å². The first kappa shape index (κ1) is 12.0. The lowest BCUT2D eigenvalue weighted by atomic mass is 10.1. The van der Waals surface area contributed by atoms with E-state index in [0.717, 1.165) is 12.0 Å². The molecule has 0 aromatic heterocycles. The van der Waals surface area contributed by atoms with Gasteiger partial charge in [0.05, 0.1) is 0 Å². The molecule has 1 aliphatic rings. The highest BCUT2D eigenvalue weighted by molar-refractivity contribution is 4.74. The van der Waals surface area contributed by atoms with Crippen LogP contribution in [0.25, 0.3) is 0 Å². The second kappa shape index (κ2) is 6.41. The van der Waals surface area contributed by atoms with Crippen LogP contribution in [0, 0.1) is 5.92 Å². The number of hydrogen-bond donors (Lipinski definition) is 1. The van der Waals surface area contributed by atoms with Crippen LogP contribution in [0.4, 0.5) is 0 Å². The van der Waals surface area contributed by atoms with Gasteiger partial charge in [0, 0.05) is 19.1 Å².